The summed E-state index contributed by atoms with van der Waals surface area (Å²) in [5.74, 6) is -3.11. The van der Waals surface area contributed by atoms with Crippen molar-refractivity contribution in [3.63, 3.8) is 0 Å². The van der Waals surface area contributed by atoms with E-state index in [9.17, 15) is 23.2 Å². The average Bonchev–Trinajstić information content (AvgIpc) is 2.82. The fourth-order valence-corrected chi connectivity index (χ4v) is 3.59. The van der Waals surface area contributed by atoms with Crippen LogP contribution < -0.4 is 21.9 Å². The van der Waals surface area contributed by atoms with Gasteiger partial charge in [0.05, 0.1) is 18.7 Å². The molecule has 0 spiro atoms. The van der Waals surface area contributed by atoms with E-state index in [0.29, 0.717) is 11.6 Å². The summed E-state index contributed by atoms with van der Waals surface area (Å²) in [5.41, 5.74) is 5.20. The van der Waals surface area contributed by atoms with Crippen molar-refractivity contribution in [3.8, 4) is 0 Å². The van der Waals surface area contributed by atoms with Crippen molar-refractivity contribution in [3.05, 3.63) is 128 Å². The number of carbonyl (C=O) groups excluding carboxylic acids is 1. The first-order valence-corrected chi connectivity index (χ1v) is 10.3. The molecular weight excluding hydrogens is 442 g/mol. The molecule has 3 aromatic carbocycles. The molecule has 0 radical (unpaired) electrons. The molecule has 1 aromatic heterocycles. The zero-order chi connectivity index (χ0) is 24.2. The molecular formula is C25H20F2N4O3. The van der Waals surface area contributed by atoms with Crippen LogP contribution in [0, 0.1) is 11.6 Å². The van der Waals surface area contributed by atoms with E-state index in [1.807, 2.05) is 6.07 Å². The van der Waals surface area contributed by atoms with Crippen LogP contribution in [0.15, 0.2) is 88.5 Å². The number of carbonyl (C=O) groups is 1. The predicted octanol–water partition coefficient (Wildman–Crippen LogP) is 3.29. The van der Waals surface area contributed by atoms with Crippen LogP contribution in [-0.2, 0) is 13.1 Å². The van der Waals surface area contributed by atoms with Gasteiger partial charge in [-0.15, -0.1) is 0 Å². The molecule has 7 nitrogen and oxygen atoms in total. The lowest BCUT2D eigenvalue weighted by Crippen LogP contribution is -2.41. The van der Waals surface area contributed by atoms with E-state index in [1.54, 1.807) is 54.6 Å². The van der Waals surface area contributed by atoms with Crippen LogP contribution in [0.4, 0.5) is 20.3 Å². The molecule has 0 fully saturated rings. The maximum Gasteiger partial charge on any atom is 0.330 e. The van der Waals surface area contributed by atoms with Crippen molar-refractivity contribution in [1.82, 2.24) is 9.55 Å². The number of halogens is 2. The van der Waals surface area contributed by atoms with Gasteiger partial charge in [-0.2, -0.15) is 0 Å². The van der Waals surface area contributed by atoms with Crippen LogP contribution in [0.2, 0.25) is 0 Å². The summed E-state index contributed by atoms with van der Waals surface area (Å²) in [6.07, 6.45) is 0. The monoisotopic (exact) mass is 462 g/mol. The number of rotatable bonds is 6. The van der Waals surface area contributed by atoms with Crippen molar-refractivity contribution in [2.45, 2.75) is 13.1 Å². The van der Waals surface area contributed by atoms with Gasteiger partial charge in [0, 0.05) is 6.07 Å². The number of H-pyrrole nitrogens is 1. The van der Waals surface area contributed by atoms with Crippen LogP contribution in [0.25, 0.3) is 0 Å². The maximum absolute atomic E-state index is 14.5. The lowest BCUT2D eigenvalue weighted by Gasteiger charge is -2.25. The second-order valence-electron chi connectivity index (χ2n) is 7.57. The third-order valence-electron chi connectivity index (χ3n) is 5.26. The third-order valence-corrected chi connectivity index (χ3v) is 5.26. The Labute approximate surface area is 192 Å². The van der Waals surface area contributed by atoms with Crippen LogP contribution in [-0.4, -0.2) is 15.5 Å². The van der Waals surface area contributed by atoms with Crippen LogP contribution in [0.3, 0.4) is 0 Å². The number of anilines is 2. The number of nitrogens with two attached hydrogens (primary N) is 1. The highest BCUT2D eigenvalue weighted by Crippen LogP contribution is 2.24. The lowest BCUT2D eigenvalue weighted by molar-refractivity contribution is 0.0980. The Balaban J connectivity index is 1.87. The number of hydrogen-bond acceptors (Lipinski definition) is 4. The molecule has 3 N–H and O–H groups in total. The van der Waals surface area contributed by atoms with Crippen LogP contribution in [0.5, 0.6) is 0 Å². The summed E-state index contributed by atoms with van der Waals surface area (Å²) < 4.78 is 29.0. The van der Waals surface area contributed by atoms with Gasteiger partial charge in [0.1, 0.15) is 17.5 Å². The molecule has 0 aliphatic heterocycles. The molecule has 4 aromatic rings. The molecule has 0 saturated heterocycles. The Morgan fingerprint density at radius 1 is 0.912 bits per heavy atom. The summed E-state index contributed by atoms with van der Waals surface area (Å²) in [6.45, 7) is -0.110. The van der Waals surface area contributed by atoms with Gasteiger partial charge in [0.25, 0.3) is 11.5 Å². The number of aromatic nitrogens is 2. The molecule has 1 heterocycles. The quantitative estimate of drug-likeness (QED) is 0.459. The van der Waals surface area contributed by atoms with Crippen LogP contribution >= 0.6 is 0 Å². The number of nitrogen functional groups attached to an aromatic ring is 1. The Morgan fingerprint density at radius 2 is 1.53 bits per heavy atom. The first kappa shape index (κ1) is 22.7. The van der Waals surface area contributed by atoms with Crippen molar-refractivity contribution in [1.29, 1.82) is 0 Å². The zero-order valence-electron chi connectivity index (χ0n) is 17.9. The van der Waals surface area contributed by atoms with E-state index in [1.165, 1.54) is 0 Å². The Kier molecular flexibility index (Phi) is 6.35. The van der Waals surface area contributed by atoms with Crippen molar-refractivity contribution < 1.29 is 13.6 Å². The Morgan fingerprint density at radius 3 is 2.15 bits per heavy atom. The second kappa shape index (κ2) is 9.53. The van der Waals surface area contributed by atoms with E-state index in [2.05, 4.69) is 4.98 Å². The highest BCUT2D eigenvalue weighted by Gasteiger charge is 2.27. The molecule has 172 valence electrons. The van der Waals surface area contributed by atoms with Gasteiger partial charge in [-0.25, -0.2) is 13.6 Å². The number of benzene rings is 3. The fraction of sp³-hybridized carbons (Fsp3) is 0.0800. The van der Waals surface area contributed by atoms with E-state index in [-0.39, 0.29) is 24.6 Å². The minimum absolute atomic E-state index is 0.0353. The topological polar surface area (TPSA) is 101 Å². The van der Waals surface area contributed by atoms with Gasteiger partial charge in [0.15, 0.2) is 5.69 Å². The van der Waals surface area contributed by atoms with Crippen molar-refractivity contribution in [2.75, 3.05) is 10.6 Å². The molecule has 0 bridgehead atoms. The SMILES string of the molecule is Nc1c(N(Cc2ccccc2)C(=O)c2ccc(F)cc2F)c(=O)[nH]c(=O)n1Cc1ccccc1. The first-order valence-electron chi connectivity index (χ1n) is 10.3. The van der Waals surface area contributed by atoms with E-state index < -0.39 is 34.4 Å². The molecule has 1 amide bonds. The van der Waals surface area contributed by atoms with E-state index in [0.717, 1.165) is 27.2 Å². The van der Waals surface area contributed by atoms with Crippen molar-refractivity contribution >= 4 is 17.4 Å². The Hall–Kier alpha value is -4.53. The maximum atomic E-state index is 14.5. The average molecular weight is 462 g/mol. The number of nitrogens with zero attached hydrogens (tertiary/aromatic N) is 2. The number of hydrogen-bond donors (Lipinski definition) is 2. The third kappa shape index (κ3) is 4.63. The molecule has 0 aliphatic rings. The van der Waals surface area contributed by atoms with Gasteiger partial charge in [-0.3, -0.25) is 24.0 Å². The molecule has 34 heavy (non-hydrogen) atoms. The van der Waals surface area contributed by atoms with Gasteiger partial charge < -0.3 is 5.73 Å². The largest absolute Gasteiger partial charge is 0.383 e. The van der Waals surface area contributed by atoms with E-state index in [4.69, 9.17) is 5.73 Å². The normalized spacial score (nSPS) is 10.8. The Bertz CT molecular complexity index is 1450. The van der Waals surface area contributed by atoms with Crippen molar-refractivity contribution in [2.24, 2.45) is 0 Å². The molecule has 0 unspecified atom stereocenters. The summed E-state index contributed by atoms with van der Waals surface area (Å²) in [7, 11) is 0. The van der Waals surface area contributed by atoms with Gasteiger partial charge in [-0.05, 0) is 23.3 Å². The molecule has 4 rings (SSSR count). The minimum Gasteiger partial charge on any atom is -0.383 e. The molecule has 0 saturated carbocycles. The standard InChI is InChI=1S/C25H20F2N4O3/c26-18-11-12-19(20(27)13-18)24(33)30(14-16-7-3-1-4-8-16)21-22(28)31(25(34)29-23(21)32)15-17-9-5-2-6-10-17/h1-13H,14-15,28H2,(H,29,32,34). The van der Waals surface area contributed by atoms with Gasteiger partial charge in [-0.1, -0.05) is 60.7 Å². The highest BCUT2D eigenvalue weighted by molar-refractivity contribution is 6.07. The first-order chi connectivity index (χ1) is 16.3. The second-order valence-corrected chi connectivity index (χ2v) is 7.57. The highest BCUT2D eigenvalue weighted by atomic mass is 19.1. The summed E-state index contributed by atoms with van der Waals surface area (Å²) >= 11 is 0. The fourth-order valence-electron chi connectivity index (χ4n) is 3.59. The lowest BCUT2D eigenvalue weighted by atomic mass is 10.1. The predicted molar refractivity (Wildman–Crippen MR) is 125 cm³/mol. The molecule has 0 aliphatic carbocycles. The summed E-state index contributed by atoms with van der Waals surface area (Å²) in [6, 6.07) is 20.1. The number of aromatic amines is 1. The van der Waals surface area contributed by atoms with E-state index >= 15 is 0 Å². The molecule has 0 atom stereocenters. The zero-order valence-corrected chi connectivity index (χ0v) is 17.9. The summed E-state index contributed by atoms with van der Waals surface area (Å²) in [4.78, 5) is 42.0. The van der Waals surface area contributed by atoms with Gasteiger partial charge >= 0.3 is 5.69 Å². The van der Waals surface area contributed by atoms with Crippen LogP contribution in [0.1, 0.15) is 21.5 Å². The minimum atomic E-state index is -1.09. The smallest absolute Gasteiger partial charge is 0.330 e. The number of amides is 1. The van der Waals surface area contributed by atoms with Gasteiger partial charge in [0.2, 0.25) is 0 Å². The molecule has 9 heteroatoms. The summed E-state index contributed by atoms with van der Waals surface area (Å²) in [5, 5.41) is 0. The number of nitrogens with one attached hydrogen (secondary N) is 1.